The predicted molar refractivity (Wildman–Crippen MR) is 238 cm³/mol. The summed E-state index contributed by atoms with van der Waals surface area (Å²) in [5, 5.41) is 2.50. The predicted octanol–water partition coefficient (Wildman–Crippen LogP) is 14.0. The van der Waals surface area contributed by atoms with E-state index in [0.717, 1.165) is 56.4 Å². The van der Waals surface area contributed by atoms with Gasteiger partial charge < -0.3 is 9.47 Å². The lowest BCUT2D eigenvalue weighted by Gasteiger charge is -2.27. The Bertz CT molecular complexity index is 2970. The lowest BCUT2D eigenvalue weighted by molar-refractivity contribution is 1.17. The highest BCUT2D eigenvalue weighted by molar-refractivity contribution is 6.09. The lowest BCUT2D eigenvalue weighted by atomic mass is 9.99. The van der Waals surface area contributed by atoms with Crippen LogP contribution in [0.1, 0.15) is 5.56 Å². The molecule has 0 fully saturated rings. The summed E-state index contributed by atoms with van der Waals surface area (Å²) in [5.41, 5.74) is 16.3. The molecule has 0 N–H and O–H groups in total. The van der Waals surface area contributed by atoms with Gasteiger partial charge in [0.15, 0.2) is 0 Å². The van der Waals surface area contributed by atoms with Gasteiger partial charge in [0.25, 0.3) is 0 Å². The fourth-order valence-electron chi connectivity index (χ4n) is 8.02. The molecule has 10 aromatic rings. The van der Waals surface area contributed by atoms with Crippen molar-refractivity contribution in [2.75, 3.05) is 4.90 Å². The van der Waals surface area contributed by atoms with Gasteiger partial charge in [-0.15, -0.1) is 0 Å². The number of fused-ring (bicyclic) bond motifs is 3. The minimum atomic E-state index is 0.922. The third-order valence-electron chi connectivity index (χ3n) is 10.8. The van der Waals surface area contributed by atoms with Crippen LogP contribution in [0.2, 0.25) is 0 Å². The largest absolute Gasteiger partial charge is 0.310 e. The van der Waals surface area contributed by atoms with Crippen molar-refractivity contribution >= 4 is 38.9 Å². The maximum atomic E-state index is 4.93. The maximum absolute atomic E-state index is 4.93. The SMILES string of the molecule is Cc1cnc(-c2cccc(N(c3ccc(-n4c5ccccc5c5ccccc54)cc3)c3cccc(-c4cc(-c5ccccc5)ccn4)c3)c2)cc1-c1ccccc1. The summed E-state index contributed by atoms with van der Waals surface area (Å²) < 4.78 is 2.36. The molecule has 0 unspecified atom stereocenters. The molecule has 0 saturated carbocycles. The van der Waals surface area contributed by atoms with E-state index in [-0.39, 0.29) is 0 Å². The van der Waals surface area contributed by atoms with Gasteiger partial charge in [0, 0.05) is 57.0 Å². The molecule has 10 rings (SSSR count). The second-order valence-corrected chi connectivity index (χ2v) is 14.4. The van der Waals surface area contributed by atoms with Crippen molar-refractivity contribution in [3.63, 3.8) is 0 Å². The number of para-hydroxylation sites is 2. The van der Waals surface area contributed by atoms with E-state index in [0.29, 0.717) is 0 Å². The fourth-order valence-corrected chi connectivity index (χ4v) is 8.02. The first-order chi connectivity index (χ1) is 28.2. The third kappa shape index (κ3) is 6.43. The second-order valence-electron chi connectivity index (χ2n) is 14.4. The standard InChI is InChI=1S/C53H38N4/c1-37-36-55-51(35-49(37)39-16-6-3-7-17-39)42-19-13-21-46(33-42)56(45-20-12-18-41(32-45)50-34-40(30-31-54-50)38-14-4-2-5-15-38)43-26-28-44(29-27-43)57-52-24-10-8-22-47(52)48-23-9-11-25-53(48)57/h2-36H,1H3. The monoisotopic (exact) mass is 730 g/mol. The van der Waals surface area contributed by atoms with Gasteiger partial charge >= 0.3 is 0 Å². The highest BCUT2D eigenvalue weighted by Gasteiger charge is 2.18. The number of pyridine rings is 2. The van der Waals surface area contributed by atoms with Gasteiger partial charge in [-0.1, -0.05) is 121 Å². The molecule has 3 aromatic heterocycles. The van der Waals surface area contributed by atoms with Crippen molar-refractivity contribution in [2.45, 2.75) is 6.92 Å². The number of hydrogen-bond donors (Lipinski definition) is 0. The quantitative estimate of drug-likeness (QED) is 0.156. The molecule has 0 atom stereocenters. The molecular weight excluding hydrogens is 693 g/mol. The minimum Gasteiger partial charge on any atom is -0.310 e. The zero-order valence-corrected chi connectivity index (χ0v) is 31.5. The van der Waals surface area contributed by atoms with Gasteiger partial charge in [0.05, 0.1) is 22.4 Å². The summed E-state index contributed by atoms with van der Waals surface area (Å²) in [7, 11) is 0. The second kappa shape index (κ2) is 14.6. The number of rotatable bonds is 8. The average molecular weight is 731 g/mol. The minimum absolute atomic E-state index is 0.922. The van der Waals surface area contributed by atoms with Crippen LogP contribution < -0.4 is 4.90 Å². The van der Waals surface area contributed by atoms with E-state index in [9.17, 15) is 0 Å². The molecule has 4 nitrogen and oxygen atoms in total. The van der Waals surface area contributed by atoms with Gasteiger partial charge in [0.1, 0.15) is 0 Å². The van der Waals surface area contributed by atoms with Crippen LogP contribution >= 0.6 is 0 Å². The Morgan fingerprint density at radius 1 is 0.404 bits per heavy atom. The number of aryl methyl sites for hydroxylation is 1. The Morgan fingerprint density at radius 2 is 0.947 bits per heavy atom. The number of aromatic nitrogens is 3. The summed E-state index contributed by atoms with van der Waals surface area (Å²) in [6.45, 7) is 2.12. The van der Waals surface area contributed by atoms with Gasteiger partial charge in [-0.3, -0.25) is 9.97 Å². The Hall–Kier alpha value is -7.56. The zero-order chi connectivity index (χ0) is 38.1. The van der Waals surface area contributed by atoms with Crippen LogP contribution in [0.4, 0.5) is 17.1 Å². The molecule has 4 heteroatoms. The zero-order valence-electron chi connectivity index (χ0n) is 31.5. The molecule has 0 saturated heterocycles. The molecule has 0 spiro atoms. The van der Waals surface area contributed by atoms with Crippen molar-refractivity contribution < 1.29 is 0 Å². The fraction of sp³-hybridized carbons (Fsp3) is 0.0189. The average Bonchev–Trinajstić information content (AvgIpc) is 3.62. The molecule has 0 aliphatic heterocycles. The van der Waals surface area contributed by atoms with E-state index in [4.69, 9.17) is 9.97 Å². The Labute approximate surface area is 332 Å². The molecule has 0 radical (unpaired) electrons. The van der Waals surface area contributed by atoms with Crippen LogP contribution in [-0.4, -0.2) is 14.5 Å². The van der Waals surface area contributed by atoms with Crippen molar-refractivity contribution in [2.24, 2.45) is 0 Å². The van der Waals surface area contributed by atoms with Crippen molar-refractivity contribution in [3.05, 3.63) is 218 Å². The first-order valence-electron chi connectivity index (χ1n) is 19.3. The van der Waals surface area contributed by atoms with E-state index < -0.39 is 0 Å². The molecule has 7 aromatic carbocycles. The summed E-state index contributed by atoms with van der Waals surface area (Å²) in [4.78, 5) is 12.1. The van der Waals surface area contributed by atoms with Crippen molar-refractivity contribution in [1.29, 1.82) is 0 Å². The van der Waals surface area contributed by atoms with E-state index >= 15 is 0 Å². The highest BCUT2D eigenvalue weighted by atomic mass is 15.1. The van der Waals surface area contributed by atoms with Crippen LogP contribution in [0.5, 0.6) is 0 Å². The van der Waals surface area contributed by atoms with Crippen LogP contribution in [0.3, 0.4) is 0 Å². The molecular formula is C53H38N4. The summed E-state index contributed by atoms with van der Waals surface area (Å²) in [6, 6.07) is 71.0. The van der Waals surface area contributed by atoms with Crippen LogP contribution in [-0.2, 0) is 0 Å². The van der Waals surface area contributed by atoms with E-state index in [2.05, 4.69) is 211 Å². The van der Waals surface area contributed by atoms with Crippen molar-refractivity contribution in [1.82, 2.24) is 14.5 Å². The summed E-state index contributed by atoms with van der Waals surface area (Å²) >= 11 is 0. The van der Waals surface area contributed by atoms with Gasteiger partial charge in [-0.25, -0.2) is 0 Å². The maximum Gasteiger partial charge on any atom is 0.0709 e. The van der Waals surface area contributed by atoms with Crippen molar-refractivity contribution in [3.8, 4) is 50.5 Å². The number of anilines is 3. The molecule has 0 aliphatic rings. The highest BCUT2D eigenvalue weighted by Crippen LogP contribution is 2.40. The smallest absolute Gasteiger partial charge is 0.0709 e. The normalized spacial score (nSPS) is 11.2. The van der Waals surface area contributed by atoms with E-state index in [1.54, 1.807) is 0 Å². The van der Waals surface area contributed by atoms with Crippen LogP contribution in [0.15, 0.2) is 213 Å². The first-order valence-corrected chi connectivity index (χ1v) is 19.3. The molecule has 0 amide bonds. The molecule has 270 valence electrons. The summed E-state index contributed by atoms with van der Waals surface area (Å²) in [5.74, 6) is 0. The Balaban J connectivity index is 1.10. The molecule has 57 heavy (non-hydrogen) atoms. The molecule has 0 aliphatic carbocycles. The first kappa shape index (κ1) is 34.0. The number of benzene rings is 7. The number of hydrogen-bond acceptors (Lipinski definition) is 3. The Morgan fingerprint density at radius 3 is 1.58 bits per heavy atom. The Kier molecular flexibility index (Phi) is 8.69. The molecule has 3 heterocycles. The molecule has 0 bridgehead atoms. The van der Waals surface area contributed by atoms with Gasteiger partial charge in [-0.05, 0) is 114 Å². The van der Waals surface area contributed by atoms with Gasteiger partial charge in [-0.2, -0.15) is 0 Å². The van der Waals surface area contributed by atoms with Crippen LogP contribution in [0, 0.1) is 6.92 Å². The number of nitrogens with zero attached hydrogens (tertiary/aromatic N) is 4. The summed E-state index contributed by atoms with van der Waals surface area (Å²) in [6.07, 6.45) is 3.88. The van der Waals surface area contributed by atoms with Crippen LogP contribution in [0.25, 0.3) is 72.3 Å². The van der Waals surface area contributed by atoms with E-state index in [1.807, 2.05) is 18.5 Å². The van der Waals surface area contributed by atoms with E-state index in [1.165, 1.54) is 38.5 Å². The lowest BCUT2D eigenvalue weighted by Crippen LogP contribution is -2.10. The van der Waals surface area contributed by atoms with Gasteiger partial charge in [0.2, 0.25) is 0 Å². The third-order valence-corrected chi connectivity index (χ3v) is 10.8. The topological polar surface area (TPSA) is 34.0 Å².